The van der Waals surface area contributed by atoms with E-state index in [-0.39, 0.29) is 6.10 Å². The number of likely N-dealkylation sites (N-methyl/N-ethyl adjacent to an activating group) is 1. The Kier molecular flexibility index (Phi) is 7.56. The van der Waals surface area contributed by atoms with E-state index in [1.165, 1.54) is 18.4 Å². The summed E-state index contributed by atoms with van der Waals surface area (Å²) >= 11 is 3.60. The van der Waals surface area contributed by atoms with Crippen LogP contribution in [0.2, 0.25) is 0 Å². The molecule has 0 aliphatic carbocycles. The van der Waals surface area contributed by atoms with Crippen LogP contribution in [-0.2, 0) is 4.74 Å². The van der Waals surface area contributed by atoms with Crippen LogP contribution < -0.4 is 5.32 Å². The highest BCUT2D eigenvalue weighted by Crippen LogP contribution is 2.26. The first kappa shape index (κ1) is 15.7. The maximum absolute atomic E-state index is 6.10. The largest absolute Gasteiger partial charge is 0.372 e. The van der Waals surface area contributed by atoms with E-state index in [1.54, 1.807) is 0 Å². The zero-order valence-electron chi connectivity index (χ0n) is 11.6. The van der Waals surface area contributed by atoms with Crippen molar-refractivity contribution in [2.45, 2.75) is 32.8 Å². The van der Waals surface area contributed by atoms with Gasteiger partial charge in [0.1, 0.15) is 0 Å². The summed E-state index contributed by atoms with van der Waals surface area (Å²) < 4.78 is 7.22. The highest BCUT2D eigenvalue weighted by atomic mass is 79.9. The van der Waals surface area contributed by atoms with Gasteiger partial charge in [0.15, 0.2) is 0 Å². The third-order valence-electron chi connectivity index (χ3n) is 3.33. The Morgan fingerprint density at radius 2 is 1.89 bits per heavy atom. The van der Waals surface area contributed by atoms with Crippen molar-refractivity contribution in [3.63, 3.8) is 0 Å². The quantitative estimate of drug-likeness (QED) is 0.778. The summed E-state index contributed by atoms with van der Waals surface area (Å²) in [6.07, 6.45) is 2.48. The van der Waals surface area contributed by atoms with Crippen molar-refractivity contribution in [2.24, 2.45) is 5.92 Å². The molecule has 3 heteroatoms. The average Bonchev–Trinajstić information content (AvgIpc) is 2.39. The zero-order chi connectivity index (χ0) is 13.4. The molecule has 0 heterocycles. The Hall–Kier alpha value is -0.380. The van der Waals surface area contributed by atoms with Gasteiger partial charge in [-0.15, -0.1) is 0 Å². The number of ether oxygens (including phenoxy) is 1. The van der Waals surface area contributed by atoms with E-state index >= 15 is 0 Å². The maximum atomic E-state index is 6.10. The van der Waals surface area contributed by atoms with Gasteiger partial charge in [-0.25, -0.2) is 0 Å². The molecule has 1 atom stereocenters. The van der Waals surface area contributed by atoms with Gasteiger partial charge >= 0.3 is 0 Å². The van der Waals surface area contributed by atoms with Gasteiger partial charge in [-0.05, 0) is 24.6 Å². The molecule has 18 heavy (non-hydrogen) atoms. The summed E-state index contributed by atoms with van der Waals surface area (Å²) in [6.45, 7) is 6.12. The van der Waals surface area contributed by atoms with Crippen LogP contribution in [0.5, 0.6) is 0 Å². The average molecular weight is 314 g/mol. The highest BCUT2D eigenvalue weighted by Gasteiger charge is 2.15. The third kappa shape index (κ3) is 4.71. The van der Waals surface area contributed by atoms with E-state index in [2.05, 4.69) is 53.3 Å². The van der Waals surface area contributed by atoms with Crippen LogP contribution in [-0.4, -0.2) is 20.2 Å². The molecule has 0 aromatic heterocycles. The predicted octanol–water partition coefficient (Wildman–Crippen LogP) is 4.16. The van der Waals surface area contributed by atoms with Crippen molar-refractivity contribution in [1.29, 1.82) is 0 Å². The Bertz CT molecular complexity index is 339. The first-order chi connectivity index (χ1) is 8.72. The lowest BCUT2D eigenvalue weighted by molar-refractivity contribution is 0.0271. The molecule has 0 spiro atoms. The SMILES string of the molecule is CCC(CC)COC(CNC)c1ccccc1Br. The van der Waals surface area contributed by atoms with Crippen molar-refractivity contribution >= 4 is 15.9 Å². The number of nitrogens with one attached hydrogen (secondary N) is 1. The summed E-state index contributed by atoms with van der Waals surface area (Å²) in [5.74, 6) is 0.659. The summed E-state index contributed by atoms with van der Waals surface area (Å²) in [7, 11) is 1.96. The van der Waals surface area contributed by atoms with Crippen LogP contribution in [0.15, 0.2) is 28.7 Å². The first-order valence-corrected chi connectivity index (χ1v) is 7.52. The van der Waals surface area contributed by atoms with Gasteiger partial charge in [-0.2, -0.15) is 0 Å². The maximum Gasteiger partial charge on any atom is 0.0960 e. The molecule has 0 aliphatic heterocycles. The molecule has 0 amide bonds. The number of rotatable bonds is 8. The molecule has 1 rings (SSSR count). The fourth-order valence-electron chi connectivity index (χ4n) is 1.96. The Morgan fingerprint density at radius 1 is 1.22 bits per heavy atom. The van der Waals surface area contributed by atoms with Gasteiger partial charge in [0.2, 0.25) is 0 Å². The van der Waals surface area contributed by atoms with Crippen molar-refractivity contribution in [3.05, 3.63) is 34.3 Å². The van der Waals surface area contributed by atoms with Gasteiger partial charge in [0.25, 0.3) is 0 Å². The van der Waals surface area contributed by atoms with Crippen molar-refractivity contribution < 1.29 is 4.74 Å². The monoisotopic (exact) mass is 313 g/mol. The first-order valence-electron chi connectivity index (χ1n) is 6.73. The van der Waals surface area contributed by atoms with E-state index < -0.39 is 0 Å². The van der Waals surface area contributed by atoms with Gasteiger partial charge in [0.05, 0.1) is 12.7 Å². The molecule has 0 bridgehead atoms. The van der Waals surface area contributed by atoms with E-state index in [4.69, 9.17) is 4.74 Å². The van der Waals surface area contributed by atoms with E-state index in [1.807, 2.05) is 13.1 Å². The van der Waals surface area contributed by atoms with Crippen LogP contribution in [0.3, 0.4) is 0 Å². The van der Waals surface area contributed by atoms with Gasteiger partial charge in [-0.1, -0.05) is 60.8 Å². The Morgan fingerprint density at radius 3 is 2.44 bits per heavy atom. The molecule has 0 aliphatic rings. The molecule has 0 fully saturated rings. The summed E-state index contributed by atoms with van der Waals surface area (Å²) in [4.78, 5) is 0. The Balaban J connectivity index is 2.68. The topological polar surface area (TPSA) is 21.3 Å². The standard InChI is InChI=1S/C15H24BrNO/c1-4-12(5-2)11-18-15(10-17-3)13-8-6-7-9-14(13)16/h6-9,12,15,17H,4-5,10-11H2,1-3H3. The summed E-state index contributed by atoms with van der Waals surface area (Å²) in [6, 6.07) is 8.28. The second-order valence-corrected chi connectivity index (χ2v) is 5.44. The molecule has 0 radical (unpaired) electrons. The van der Waals surface area contributed by atoms with Crippen LogP contribution >= 0.6 is 15.9 Å². The van der Waals surface area contributed by atoms with Crippen LogP contribution in [0.1, 0.15) is 38.4 Å². The Labute approximate surface area is 119 Å². The minimum atomic E-state index is 0.117. The third-order valence-corrected chi connectivity index (χ3v) is 4.05. The highest BCUT2D eigenvalue weighted by molar-refractivity contribution is 9.10. The molecular formula is C15H24BrNO. The molecule has 1 aromatic carbocycles. The van der Waals surface area contributed by atoms with Gasteiger partial charge in [-0.3, -0.25) is 0 Å². The minimum absolute atomic E-state index is 0.117. The molecule has 2 nitrogen and oxygen atoms in total. The number of halogens is 1. The van der Waals surface area contributed by atoms with Crippen molar-refractivity contribution in [3.8, 4) is 0 Å². The number of benzene rings is 1. The molecule has 102 valence electrons. The predicted molar refractivity (Wildman–Crippen MR) is 80.8 cm³/mol. The van der Waals surface area contributed by atoms with E-state index in [0.717, 1.165) is 17.6 Å². The fourth-order valence-corrected chi connectivity index (χ4v) is 2.50. The fraction of sp³-hybridized carbons (Fsp3) is 0.600. The van der Waals surface area contributed by atoms with Gasteiger partial charge in [0, 0.05) is 11.0 Å². The van der Waals surface area contributed by atoms with Crippen molar-refractivity contribution in [2.75, 3.05) is 20.2 Å². The van der Waals surface area contributed by atoms with Crippen LogP contribution in [0, 0.1) is 5.92 Å². The molecule has 0 saturated heterocycles. The zero-order valence-corrected chi connectivity index (χ0v) is 13.2. The lowest BCUT2D eigenvalue weighted by Gasteiger charge is -2.22. The van der Waals surface area contributed by atoms with Gasteiger partial charge < -0.3 is 10.1 Å². The summed E-state index contributed by atoms with van der Waals surface area (Å²) in [5, 5.41) is 3.21. The number of hydrogen-bond acceptors (Lipinski definition) is 2. The lowest BCUT2D eigenvalue weighted by atomic mass is 10.0. The van der Waals surface area contributed by atoms with Crippen LogP contribution in [0.25, 0.3) is 0 Å². The normalized spacial score (nSPS) is 12.9. The molecule has 1 unspecified atom stereocenters. The van der Waals surface area contributed by atoms with Crippen LogP contribution in [0.4, 0.5) is 0 Å². The molecule has 1 aromatic rings. The minimum Gasteiger partial charge on any atom is -0.372 e. The lowest BCUT2D eigenvalue weighted by Crippen LogP contribution is -2.22. The second kappa shape index (κ2) is 8.68. The smallest absolute Gasteiger partial charge is 0.0960 e. The molecule has 1 N–H and O–H groups in total. The van der Waals surface area contributed by atoms with E-state index in [9.17, 15) is 0 Å². The molecule has 0 saturated carbocycles. The van der Waals surface area contributed by atoms with E-state index in [0.29, 0.717) is 5.92 Å². The molecular weight excluding hydrogens is 290 g/mol. The number of hydrogen-bond donors (Lipinski definition) is 1. The second-order valence-electron chi connectivity index (χ2n) is 4.58. The van der Waals surface area contributed by atoms with Crippen molar-refractivity contribution in [1.82, 2.24) is 5.32 Å². The summed E-state index contributed by atoms with van der Waals surface area (Å²) in [5.41, 5.74) is 1.22.